The SMILES string of the molecule is O=C1Nc2ccc(Cl)cc2/C1=C\N1CCCCC1. The first kappa shape index (κ1) is 11.6. The van der Waals surface area contributed by atoms with Crippen LogP contribution in [0, 0.1) is 0 Å². The number of nitrogens with zero attached hydrogens (tertiary/aromatic N) is 1. The summed E-state index contributed by atoms with van der Waals surface area (Å²) in [4.78, 5) is 14.2. The van der Waals surface area contributed by atoms with Crippen molar-refractivity contribution < 1.29 is 4.79 Å². The van der Waals surface area contributed by atoms with Crippen molar-refractivity contribution in [2.75, 3.05) is 18.4 Å². The van der Waals surface area contributed by atoms with Crippen molar-refractivity contribution in [1.82, 2.24) is 4.90 Å². The summed E-state index contributed by atoms with van der Waals surface area (Å²) >= 11 is 6.00. The van der Waals surface area contributed by atoms with Gasteiger partial charge in [0.25, 0.3) is 5.91 Å². The molecule has 0 unspecified atom stereocenters. The van der Waals surface area contributed by atoms with E-state index in [1.807, 2.05) is 18.3 Å². The number of benzene rings is 1. The molecule has 1 fully saturated rings. The van der Waals surface area contributed by atoms with E-state index in [1.54, 1.807) is 6.07 Å². The number of halogens is 1. The number of nitrogens with one attached hydrogen (secondary N) is 1. The minimum Gasteiger partial charge on any atom is -0.377 e. The van der Waals surface area contributed by atoms with Crippen molar-refractivity contribution in [3.8, 4) is 0 Å². The monoisotopic (exact) mass is 262 g/mol. The molecule has 0 bridgehead atoms. The van der Waals surface area contributed by atoms with Gasteiger partial charge in [-0.3, -0.25) is 4.79 Å². The lowest BCUT2D eigenvalue weighted by molar-refractivity contribution is -0.110. The van der Waals surface area contributed by atoms with Crippen LogP contribution in [0.3, 0.4) is 0 Å². The maximum absolute atomic E-state index is 12.0. The van der Waals surface area contributed by atoms with Gasteiger partial charge in [0.15, 0.2) is 0 Å². The van der Waals surface area contributed by atoms with Crippen LogP contribution in [0.4, 0.5) is 5.69 Å². The van der Waals surface area contributed by atoms with Crippen LogP contribution in [-0.4, -0.2) is 23.9 Å². The van der Waals surface area contributed by atoms with Gasteiger partial charge < -0.3 is 10.2 Å². The maximum atomic E-state index is 12.0. The third-order valence-electron chi connectivity index (χ3n) is 3.47. The highest BCUT2D eigenvalue weighted by atomic mass is 35.5. The molecule has 1 N–H and O–H groups in total. The molecule has 0 atom stereocenters. The third-order valence-corrected chi connectivity index (χ3v) is 3.70. The van der Waals surface area contributed by atoms with Crippen LogP contribution in [0.1, 0.15) is 24.8 Å². The second-order valence-electron chi connectivity index (χ2n) is 4.78. The molecule has 2 heterocycles. The number of carbonyl (C=O) groups is 1. The van der Waals surface area contributed by atoms with Gasteiger partial charge in [0.1, 0.15) is 0 Å². The summed E-state index contributed by atoms with van der Waals surface area (Å²) in [5.41, 5.74) is 2.50. The van der Waals surface area contributed by atoms with Gasteiger partial charge >= 0.3 is 0 Å². The van der Waals surface area contributed by atoms with E-state index in [4.69, 9.17) is 11.6 Å². The van der Waals surface area contributed by atoms with E-state index in [-0.39, 0.29) is 5.91 Å². The number of carbonyl (C=O) groups excluding carboxylic acids is 1. The molecule has 1 amide bonds. The summed E-state index contributed by atoms with van der Waals surface area (Å²) in [7, 11) is 0. The fraction of sp³-hybridized carbons (Fsp3) is 0.357. The largest absolute Gasteiger partial charge is 0.377 e. The fourth-order valence-corrected chi connectivity index (χ4v) is 2.69. The van der Waals surface area contributed by atoms with Crippen LogP contribution < -0.4 is 5.32 Å². The Labute approximate surface area is 111 Å². The molecule has 2 aliphatic heterocycles. The van der Waals surface area contributed by atoms with Crippen molar-refractivity contribution in [3.63, 3.8) is 0 Å². The molecule has 94 valence electrons. The van der Waals surface area contributed by atoms with Crippen LogP contribution in [0.15, 0.2) is 24.4 Å². The number of fused-ring (bicyclic) bond motifs is 1. The van der Waals surface area contributed by atoms with E-state index in [2.05, 4.69) is 10.2 Å². The van der Waals surface area contributed by atoms with Crippen LogP contribution in [0.2, 0.25) is 5.02 Å². The molecule has 0 radical (unpaired) electrons. The van der Waals surface area contributed by atoms with Crippen molar-refractivity contribution in [2.24, 2.45) is 0 Å². The van der Waals surface area contributed by atoms with E-state index >= 15 is 0 Å². The molecule has 18 heavy (non-hydrogen) atoms. The number of rotatable bonds is 1. The molecule has 0 aliphatic carbocycles. The predicted octanol–water partition coefficient (Wildman–Crippen LogP) is 3.12. The lowest BCUT2D eigenvalue weighted by Crippen LogP contribution is -2.25. The molecule has 1 aromatic carbocycles. The van der Waals surface area contributed by atoms with Gasteiger partial charge in [-0.25, -0.2) is 0 Å². The minimum absolute atomic E-state index is 0.0298. The molecule has 0 spiro atoms. The minimum atomic E-state index is -0.0298. The third kappa shape index (κ3) is 2.10. The highest BCUT2D eigenvalue weighted by Gasteiger charge is 2.25. The Morgan fingerprint density at radius 1 is 1.22 bits per heavy atom. The Morgan fingerprint density at radius 2 is 2.00 bits per heavy atom. The summed E-state index contributed by atoms with van der Waals surface area (Å²) in [6.45, 7) is 2.07. The Balaban J connectivity index is 1.95. The molecule has 0 saturated carbocycles. The van der Waals surface area contributed by atoms with Crippen LogP contribution >= 0.6 is 11.6 Å². The van der Waals surface area contributed by atoms with Crippen molar-refractivity contribution in [1.29, 1.82) is 0 Å². The number of hydrogen-bond acceptors (Lipinski definition) is 2. The van der Waals surface area contributed by atoms with Crippen LogP contribution in [0.25, 0.3) is 5.57 Å². The standard InChI is InChI=1S/C14H15ClN2O/c15-10-4-5-13-11(8-10)12(14(18)16-13)9-17-6-2-1-3-7-17/h4-5,8-9H,1-3,6-7H2,(H,16,18)/b12-9+. The van der Waals surface area contributed by atoms with Gasteiger partial charge in [-0.05, 0) is 37.5 Å². The average Bonchev–Trinajstić information content (AvgIpc) is 2.67. The van der Waals surface area contributed by atoms with Crippen molar-refractivity contribution >= 4 is 28.8 Å². The molecule has 2 aliphatic rings. The lowest BCUT2D eigenvalue weighted by atomic mass is 10.1. The summed E-state index contributed by atoms with van der Waals surface area (Å²) in [5, 5.41) is 3.53. The average molecular weight is 263 g/mol. The Morgan fingerprint density at radius 3 is 2.78 bits per heavy atom. The van der Waals surface area contributed by atoms with E-state index < -0.39 is 0 Å². The molecule has 4 heteroatoms. The molecule has 1 aromatic rings. The van der Waals surface area contributed by atoms with E-state index in [0.717, 1.165) is 29.9 Å². The first-order chi connectivity index (χ1) is 8.74. The Kier molecular flexibility index (Phi) is 3.00. The van der Waals surface area contributed by atoms with E-state index in [1.165, 1.54) is 19.3 Å². The van der Waals surface area contributed by atoms with E-state index in [0.29, 0.717) is 5.02 Å². The van der Waals surface area contributed by atoms with Gasteiger partial charge in [0, 0.05) is 35.6 Å². The maximum Gasteiger partial charge on any atom is 0.257 e. The van der Waals surface area contributed by atoms with Gasteiger partial charge in [-0.2, -0.15) is 0 Å². The molecule has 3 rings (SSSR count). The van der Waals surface area contributed by atoms with Crippen LogP contribution in [-0.2, 0) is 4.79 Å². The van der Waals surface area contributed by atoms with Gasteiger partial charge in [0.05, 0.1) is 5.57 Å². The zero-order valence-electron chi connectivity index (χ0n) is 10.1. The summed E-state index contributed by atoms with van der Waals surface area (Å²) in [5.74, 6) is -0.0298. The molecular formula is C14H15ClN2O. The molecule has 3 nitrogen and oxygen atoms in total. The van der Waals surface area contributed by atoms with Crippen molar-refractivity contribution in [2.45, 2.75) is 19.3 Å². The molecular weight excluding hydrogens is 248 g/mol. The zero-order chi connectivity index (χ0) is 12.5. The number of hydrogen-bond donors (Lipinski definition) is 1. The van der Waals surface area contributed by atoms with Gasteiger partial charge in [-0.1, -0.05) is 11.6 Å². The molecule has 0 aromatic heterocycles. The first-order valence-corrected chi connectivity index (χ1v) is 6.69. The summed E-state index contributed by atoms with van der Waals surface area (Å²) < 4.78 is 0. The summed E-state index contributed by atoms with van der Waals surface area (Å²) in [6.07, 6.45) is 5.67. The van der Waals surface area contributed by atoms with E-state index in [9.17, 15) is 4.79 Å². The number of amides is 1. The lowest BCUT2D eigenvalue weighted by Gasteiger charge is -2.25. The Bertz CT molecular complexity index is 519. The zero-order valence-corrected chi connectivity index (χ0v) is 10.8. The van der Waals surface area contributed by atoms with Crippen molar-refractivity contribution in [3.05, 3.63) is 35.0 Å². The fourth-order valence-electron chi connectivity index (χ4n) is 2.52. The summed E-state index contributed by atoms with van der Waals surface area (Å²) in [6, 6.07) is 5.50. The quantitative estimate of drug-likeness (QED) is 0.789. The topological polar surface area (TPSA) is 32.3 Å². The first-order valence-electron chi connectivity index (χ1n) is 6.31. The highest BCUT2D eigenvalue weighted by molar-refractivity contribution is 6.34. The number of anilines is 1. The second kappa shape index (κ2) is 4.65. The highest BCUT2D eigenvalue weighted by Crippen LogP contribution is 2.34. The van der Waals surface area contributed by atoms with Gasteiger partial charge in [-0.15, -0.1) is 0 Å². The number of piperidine rings is 1. The number of likely N-dealkylation sites (tertiary alicyclic amines) is 1. The van der Waals surface area contributed by atoms with Gasteiger partial charge in [0.2, 0.25) is 0 Å². The molecule has 1 saturated heterocycles. The predicted molar refractivity (Wildman–Crippen MR) is 73.5 cm³/mol. The normalized spacial score (nSPS) is 21.1. The second-order valence-corrected chi connectivity index (χ2v) is 5.22. The van der Waals surface area contributed by atoms with Crippen LogP contribution in [0.5, 0.6) is 0 Å². The smallest absolute Gasteiger partial charge is 0.257 e. The Hall–Kier alpha value is -1.48.